The molecule has 3 fully saturated rings. The SMILES string of the molecule is O=C(NC(Cn1ccc(O)cc1=O)C(=O)N1CCC(N2CCCCC2)CC1)N1CCC(N2Cc3ccccc3NC2=O)CC1. The number of urea groups is 2. The zero-order chi connectivity index (χ0) is 30.6. The Bertz CT molecular complexity index is 1410. The average molecular weight is 606 g/mol. The Morgan fingerprint density at radius 2 is 1.57 bits per heavy atom. The van der Waals surface area contributed by atoms with Crippen molar-refractivity contribution >= 4 is 23.7 Å². The molecule has 3 N–H and O–H groups in total. The lowest BCUT2D eigenvalue weighted by Crippen LogP contribution is -2.58. The Morgan fingerprint density at radius 1 is 0.886 bits per heavy atom. The van der Waals surface area contributed by atoms with Gasteiger partial charge in [0.15, 0.2) is 0 Å². The maximum absolute atomic E-state index is 13.8. The molecule has 1 aromatic heterocycles. The lowest BCUT2D eigenvalue weighted by molar-refractivity contribution is -0.135. The lowest BCUT2D eigenvalue weighted by Gasteiger charge is -2.42. The molecule has 2 aromatic rings. The van der Waals surface area contributed by atoms with Crippen LogP contribution in [0.1, 0.15) is 50.5 Å². The Balaban J connectivity index is 1.08. The predicted octanol–water partition coefficient (Wildman–Crippen LogP) is 2.62. The number of likely N-dealkylation sites (tertiary alicyclic amines) is 3. The Morgan fingerprint density at radius 3 is 2.30 bits per heavy atom. The summed E-state index contributed by atoms with van der Waals surface area (Å²) in [6.07, 6.45) is 8.23. The van der Waals surface area contributed by atoms with Crippen LogP contribution in [0.5, 0.6) is 5.75 Å². The molecular formula is C32H43N7O5. The minimum Gasteiger partial charge on any atom is -0.508 e. The monoisotopic (exact) mass is 605 g/mol. The molecule has 44 heavy (non-hydrogen) atoms. The van der Waals surface area contributed by atoms with Crippen LogP contribution in [-0.4, -0.2) is 105 Å². The number of piperidine rings is 3. The van der Waals surface area contributed by atoms with E-state index in [2.05, 4.69) is 15.5 Å². The Kier molecular flexibility index (Phi) is 9.06. The molecule has 6 rings (SSSR count). The van der Waals surface area contributed by atoms with E-state index >= 15 is 0 Å². The molecule has 0 saturated carbocycles. The number of carbonyl (C=O) groups excluding carboxylic acids is 3. The number of hydrogen-bond donors (Lipinski definition) is 3. The van der Waals surface area contributed by atoms with E-state index in [9.17, 15) is 24.3 Å². The van der Waals surface area contributed by atoms with Crippen LogP contribution in [0.25, 0.3) is 0 Å². The molecule has 12 heteroatoms. The largest absolute Gasteiger partial charge is 0.508 e. The van der Waals surface area contributed by atoms with Crippen LogP contribution >= 0.6 is 0 Å². The number of para-hydroxylation sites is 1. The van der Waals surface area contributed by atoms with Crippen molar-refractivity contribution in [3.05, 3.63) is 58.5 Å². The summed E-state index contributed by atoms with van der Waals surface area (Å²) in [6.45, 7) is 4.87. The molecule has 5 heterocycles. The van der Waals surface area contributed by atoms with Gasteiger partial charge in [0.25, 0.3) is 5.56 Å². The molecule has 0 aliphatic carbocycles. The van der Waals surface area contributed by atoms with Crippen molar-refractivity contribution in [1.82, 2.24) is 29.5 Å². The zero-order valence-electron chi connectivity index (χ0n) is 25.2. The van der Waals surface area contributed by atoms with Crippen LogP contribution in [0, 0.1) is 0 Å². The molecule has 12 nitrogen and oxygen atoms in total. The second kappa shape index (κ2) is 13.3. The summed E-state index contributed by atoms with van der Waals surface area (Å²) < 4.78 is 1.35. The quantitative estimate of drug-likeness (QED) is 0.464. The van der Waals surface area contributed by atoms with E-state index < -0.39 is 11.6 Å². The number of anilines is 1. The smallest absolute Gasteiger partial charge is 0.322 e. The summed E-state index contributed by atoms with van der Waals surface area (Å²) >= 11 is 0. The third-order valence-electron chi connectivity index (χ3n) is 9.69. The van der Waals surface area contributed by atoms with E-state index in [4.69, 9.17) is 0 Å². The zero-order valence-corrected chi connectivity index (χ0v) is 25.2. The van der Waals surface area contributed by atoms with E-state index in [-0.39, 0.29) is 36.3 Å². The average Bonchev–Trinajstić information content (AvgIpc) is 3.05. The van der Waals surface area contributed by atoms with Gasteiger partial charge >= 0.3 is 12.1 Å². The third kappa shape index (κ3) is 6.69. The molecule has 0 radical (unpaired) electrons. The summed E-state index contributed by atoms with van der Waals surface area (Å²) in [5.74, 6) is -0.347. The van der Waals surface area contributed by atoms with Crippen molar-refractivity contribution in [3.8, 4) is 5.75 Å². The van der Waals surface area contributed by atoms with Gasteiger partial charge < -0.3 is 39.9 Å². The first kappa shape index (κ1) is 30.0. The van der Waals surface area contributed by atoms with E-state index in [1.54, 1.807) is 4.90 Å². The predicted molar refractivity (Wildman–Crippen MR) is 165 cm³/mol. The van der Waals surface area contributed by atoms with E-state index in [0.29, 0.717) is 51.6 Å². The summed E-state index contributed by atoms with van der Waals surface area (Å²) in [5.41, 5.74) is 1.46. The minimum atomic E-state index is -0.932. The van der Waals surface area contributed by atoms with Gasteiger partial charge in [-0.25, -0.2) is 9.59 Å². The van der Waals surface area contributed by atoms with E-state index in [1.165, 1.54) is 36.1 Å². The number of amides is 5. The normalized spacial score (nSPS) is 21.0. The maximum atomic E-state index is 13.8. The Labute approximate surface area is 257 Å². The van der Waals surface area contributed by atoms with Crippen LogP contribution in [0.3, 0.4) is 0 Å². The van der Waals surface area contributed by atoms with Crippen molar-refractivity contribution in [2.24, 2.45) is 0 Å². The van der Waals surface area contributed by atoms with Gasteiger partial charge in [-0.3, -0.25) is 9.59 Å². The first-order valence-corrected chi connectivity index (χ1v) is 16.0. The highest BCUT2D eigenvalue weighted by Gasteiger charge is 2.35. The van der Waals surface area contributed by atoms with Crippen LogP contribution < -0.4 is 16.2 Å². The fourth-order valence-electron chi connectivity index (χ4n) is 7.12. The van der Waals surface area contributed by atoms with Crippen molar-refractivity contribution in [2.75, 3.05) is 44.6 Å². The molecule has 0 bridgehead atoms. The summed E-state index contributed by atoms with van der Waals surface area (Å²) in [4.78, 5) is 60.6. The molecule has 4 aliphatic rings. The lowest BCUT2D eigenvalue weighted by atomic mass is 9.99. The topological polar surface area (TPSA) is 130 Å². The maximum Gasteiger partial charge on any atom is 0.322 e. The summed E-state index contributed by atoms with van der Waals surface area (Å²) in [5, 5.41) is 15.6. The minimum absolute atomic E-state index is 0.00149. The van der Waals surface area contributed by atoms with E-state index in [1.807, 2.05) is 34.1 Å². The number of pyridine rings is 1. The number of fused-ring (bicyclic) bond motifs is 1. The molecule has 0 spiro atoms. The van der Waals surface area contributed by atoms with Crippen molar-refractivity contribution in [2.45, 2.75) is 76.2 Å². The standard InChI is InChI=1S/C32H43N7O5/c40-26-12-19-38(29(41)20-26)22-28(30(42)36-15-8-24(9-16-36)35-13-4-1-5-14-35)34-31(43)37-17-10-25(11-18-37)39-21-23-6-2-3-7-27(23)33-32(39)44/h2-3,6-7,12,19-20,24-25,28,40H,1,4-5,8-11,13-18,21-22H2,(H,33,44)(H,34,43). The second-order valence-electron chi connectivity index (χ2n) is 12.5. The second-order valence-corrected chi connectivity index (χ2v) is 12.5. The van der Waals surface area contributed by atoms with Gasteiger partial charge in [-0.15, -0.1) is 0 Å². The molecule has 236 valence electrons. The Hall–Kier alpha value is -4.06. The number of hydrogen-bond acceptors (Lipinski definition) is 6. The highest BCUT2D eigenvalue weighted by molar-refractivity contribution is 5.92. The van der Waals surface area contributed by atoms with Crippen LogP contribution in [-0.2, 0) is 17.9 Å². The molecule has 5 amide bonds. The number of benzene rings is 1. The summed E-state index contributed by atoms with van der Waals surface area (Å²) in [7, 11) is 0. The van der Waals surface area contributed by atoms with Gasteiger partial charge in [0.2, 0.25) is 5.91 Å². The molecule has 1 unspecified atom stereocenters. The van der Waals surface area contributed by atoms with Gasteiger partial charge in [-0.2, -0.15) is 0 Å². The molecule has 1 atom stereocenters. The van der Waals surface area contributed by atoms with Crippen LogP contribution in [0.2, 0.25) is 0 Å². The fraction of sp³-hybridized carbons (Fsp3) is 0.562. The highest BCUT2D eigenvalue weighted by Crippen LogP contribution is 2.28. The van der Waals surface area contributed by atoms with Gasteiger partial charge in [0.1, 0.15) is 11.8 Å². The molecule has 1 aromatic carbocycles. The fourth-order valence-corrected chi connectivity index (χ4v) is 7.12. The van der Waals surface area contributed by atoms with Crippen molar-refractivity contribution in [3.63, 3.8) is 0 Å². The first-order valence-electron chi connectivity index (χ1n) is 16.0. The van der Waals surface area contributed by atoms with Crippen LogP contribution in [0.15, 0.2) is 47.4 Å². The molecule has 3 saturated heterocycles. The molecule has 4 aliphatic heterocycles. The van der Waals surface area contributed by atoms with Crippen molar-refractivity contribution < 1.29 is 19.5 Å². The van der Waals surface area contributed by atoms with Gasteiger partial charge in [0.05, 0.1) is 6.54 Å². The number of aromatic hydroxyl groups is 1. The van der Waals surface area contributed by atoms with E-state index in [0.717, 1.165) is 43.2 Å². The molecular weight excluding hydrogens is 562 g/mol. The van der Waals surface area contributed by atoms with Gasteiger partial charge in [0, 0.05) is 62.8 Å². The van der Waals surface area contributed by atoms with Gasteiger partial charge in [-0.05, 0) is 69.3 Å². The van der Waals surface area contributed by atoms with Crippen LogP contribution in [0.4, 0.5) is 15.3 Å². The number of nitrogens with zero attached hydrogens (tertiary/aromatic N) is 5. The number of rotatable bonds is 6. The summed E-state index contributed by atoms with van der Waals surface area (Å²) in [6, 6.07) is 9.34. The number of aromatic nitrogens is 1. The highest BCUT2D eigenvalue weighted by atomic mass is 16.3. The number of nitrogens with one attached hydrogen (secondary N) is 2. The number of carbonyl (C=O) groups is 3. The van der Waals surface area contributed by atoms with Gasteiger partial charge in [-0.1, -0.05) is 24.6 Å². The first-order chi connectivity index (χ1) is 21.4. The third-order valence-corrected chi connectivity index (χ3v) is 9.69. The van der Waals surface area contributed by atoms with Crippen molar-refractivity contribution in [1.29, 1.82) is 0 Å².